The first-order valence-corrected chi connectivity index (χ1v) is 4.77. The fourth-order valence-electron chi connectivity index (χ4n) is 1.50. The van der Waals surface area contributed by atoms with Gasteiger partial charge in [-0.25, -0.2) is 9.59 Å². The van der Waals surface area contributed by atoms with Crippen LogP contribution in [0, 0.1) is 0 Å². The normalized spacial score (nSPS) is 9.75. The van der Waals surface area contributed by atoms with Crippen molar-refractivity contribution in [2.24, 2.45) is 0 Å². The summed E-state index contributed by atoms with van der Waals surface area (Å²) in [5, 5.41) is 17.9. The highest BCUT2D eigenvalue weighted by Gasteiger charge is 2.16. The minimum absolute atomic E-state index is 0.0433. The molecule has 4 heteroatoms. The number of allylic oxidation sites excluding steroid dienone is 1. The lowest BCUT2D eigenvalue weighted by atomic mass is 9.97. The summed E-state index contributed by atoms with van der Waals surface area (Å²) in [6.07, 6.45) is 2.54. The van der Waals surface area contributed by atoms with Crippen molar-refractivity contribution in [1.29, 1.82) is 0 Å². The lowest BCUT2D eigenvalue weighted by Crippen LogP contribution is -2.09. The maximum absolute atomic E-state index is 10.9. The molecule has 4 nitrogen and oxygen atoms in total. The van der Waals surface area contributed by atoms with Crippen molar-refractivity contribution in [3.8, 4) is 0 Å². The molecule has 0 saturated heterocycles. The van der Waals surface area contributed by atoms with Crippen LogP contribution in [0.3, 0.4) is 0 Å². The van der Waals surface area contributed by atoms with Crippen LogP contribution < -0.4 is 0 Å². The van der Waals surface area contributed by atoms with Crippen molar-refractivity contribution in [2.45, 2.75) is 12.8 Å². The van der Waals surface area contributed by atoms with Gasteiger partial charge in [-0.05, 0) is 30.5 Å². The molecular weight excluding hydrogens is 208 g/mol. The molecule has 84 valence electrons. The highest BCUT2D eigenvalue weighted by atomic mass is 16.4. The number of carboxylic acid groups (broad SMARTS) is 2. The summed E-state index contributed by atoms with van der Waals surface area (Å²) >= 11 is 0. The van der Waals surface area contributed by atoms with E-state index < -0.39 is 11.9 Å². The van der Waals surface area contributed by atoms with Crippen molar-refractivity contribution in [3.63, 3.8) is 0 Å². The van der Waals surface area contributed by atoms with Gasteiger partial charge < -0.3 is 10.2 Å². The number of hydrogen-bond acceptors (Lipinski definition) is 2. The average Bonchev–Trinajstić information content (AvgIpc) is 2.25. The van der Waals surface area contributed by atoms with Crippen LogP contribution >= 0.6 is 0 Å². The Balaban J connectivity index is 3.28. The molecule has 0 aliphatic heterocycles. The van der Waals surface area contributed by atoms with Crippen LogP contribution in [0.2, 0.25) is 0 Å². The highest BCUT2D eigenvalue weighted by Crippen LogP contribution is 2.17. The second-order valence-electron chi connectivity index (χ2n) is 3.27. The van der Waals surface area contributed by atoms with E-state index in [-0.39, 0.29) is 11.1 Å². The van der Waals surface area contributed by atoms with Gasteiger partial charge in [0.2, 0.25) is 0 Å². The van der Waals surface area contributed by atoms with E-state index in [4.69, 9.17) is 10.2 Å². The molecule has 1 rings (SSSR count). The highest BCUT2D eigenvalue weighted by molar-refractivity contribution is 5.96. The average molecular weight is 220 g/mol. The quantitative estimate of drug-likeness (QED) is 0.746. The van der Waals surface area contributed by atoms with Gasteiger partial charge in [0.25, 0.3) is 0 Å². The molecule has 0 aromatic heterocycles. The molecule has 0 heterocycles. The zero-order valence-corrected chi connectivity index (χ0v) is 8.64. The van der Waals surface area contributed by atoms with E-state index in [1.165, 1.54) is 18.2 Å². The molecule has 0 aliphatic carbocycles. The van der Waals surface area contributed by atoms with Crippen LogP contribution in [0.15, 0.2) is 30.9 Å². The van der Waals surface area contributed by atoms with E-state index in [2.05, 4.69) is 6.58 Å². The van der Waals surface area contributed by atoms with E-state index in [1.54, 1.807) is 6.08 Å². The van der Waals surface area contributed by atoms with Crippen molar-refractivity contribution >= 4 is 11.9 Å². The van der Waals surface area contributed by atoms with Gasteiger partial charge in [-0.2, -0.15) is 0 Å². The van der Waals surface area contributed by atoms with Crippen LogP contribution in [-0.4, -0.2) is 22.2 Å². The zero-order chi connectivity index (χ0) is 12.1. The molecule has 0 saturated carbocycles. The SMILES string of the molecule is C=CCCc1c(C(=O)O)cccc1C(=O)O. The van der Waals surface area contributed by atoms with E-state index in [1.807, 2.05) is 0 Å². The lowest BCUT2D eigenvalue weighted by Gasteiger charge is -2.08. The Labute approximate surface area is 92.8 Å². The Morgan fingerprint density at radius 2 is 1.69 bits per heavy atom. The largest absolute Gasteiger partial charge is 0.478 e. The van der Waals surface area contributed by atoms with Gasteiger partial charge in [0, 0.05) is 0 Å². The monoisotopic (exact) mass is 220 g/mol. The lowest BCUT2D eigenvalue weighted by molar-refractivity contribution is 0.0695. The van der Waals surface area contributed by atoms with Crippen LogP contribution in [-0.2, 0) is 6.42 Å². The second kappa shape index (κ2) is 5.11. The molecule has 16 heavy (non-hydrogen) atoms. The standard InChI is InChI=1S/C12H12O4/c1-2-3-5-8-9(11(13)14)6-4-7-10(8)12(15)16/h2,4,6-7H,1,3,5H2,(H,13,14)(H,15,16). The van der Waals surface area contributed by atoms with Crippen molar-refractivity contribution in [2.75, 3.05) is 0 Å². The second-order valence-corrected chi connectivity index (χ2v) is 3.27. The van der Waals surface area contributed by atoms with Gasteiger partial charge in [-0.15, -0.1) is 6.58 Å². The number of hydrogen-bond donors (Lipinski definition) is 2. The first-order valence-electron chi connectivity index (χ1n) is 4.77. The Hall–Kier alpha value is -2.10. The van der Waals surface area contributed by atoms with Gasteiger partial charge in [0.1, 0.15) is 0 Å². The number of aromatic carboxylic acids is 2. The molecule has 1 aromatic carbocycles. The molecule has 0 radical (unpaired) electrons. The van der Waals surface area contributed by atoms with Crippen molar-refractivity contribution < 1.29 is 19.8 Å². The number of benzene rings is 1. The van der Waals surface area contributed by atoms with Gasteiger partial charge in [-0.3, -0.25) is 0 Å². The zero-order valence-electron chi connectivity index (χ0n) is 8.64. The molecule has 2 N–H and O–H groups in total. The van der Waals surface area contributed by atoms with E-state index in [9.17, 15) is 9.59 Å². The van der Waals surface area contributed by atoms with Gasteiger partial charge in [0.05, 0.1) is 11.1 Å². The summed E-state index contributed by atoms with van der Waals surface area (Å²) in [6, 6.07) is 4.25. The van der Waals surface area contributed by atoms with E-state index in [0.717, 1.165) is 0 Å². The Bertz CT molecular complexity index is 402. The van der Waals surface area contributed by atoms with Crippen LogP contribution in [0.25, 0.3) is 0 Å². The van der Waals surface area contributed by atoms with Crippen LogP contribution in [0.4, 0.5) is 0 Å². The predicted molar refractivity (Wildman–Crippen MR) is 58.9 cm³/mol. The van der Waals surface area contributed by atoms with Crippen molar-refractivity contribution in [1.82, 2.24) is 0 Å². The van der Waals surface area contributed by atoms with Crippen LogP contribution in [0.5, 0.6) is 0 Å². The van der Waals surface area contributed by atoms with Gasteiger partial charge in [-0.1, -0.05) is 12.1 Å². The molecule has 0 amide bonds. The van der Waals surface area contributed by atoms with E-state index >= 15 is 0 Å². The molecule has 0 atom stereocenters. The minimum Gasteiger partial charge on any atom is -0.478 e. The third kappa shape index (κ3) is 2.48. The first-order chi connectivity index (χ1) is 7.57. The molecular formula is C12H12O4. The summed E-state index contributed by atoms with van der Waals surface area (Å²) in [7, 11) is 0. The summed E-state index contributed by atoms with van der Waals surface area (Å²) in [4.78, 5) is 21.9. The van der Waals surface area contributed by atoms with Gasteiger partial charge >= 0.3 is 11.9 Å². The maximum Gasteiger partial charge on any atom is 0.335 e. The summed E-state index contributed by atoms with van der Waals surface area (Å²) < 4.78 is 0. The predicted octanol–water partition coefficient (Wildman–Crippen LogP) is 2.20. The summed E-state index contributed by atoms with van der Waals surface area (Å²) in [5.74, 6) is -2.22. The number of rotatable bonds is 5. The fourth-order valence-corrected chi connectivity index (χ4v) is 1.50. The fraction of sp³-hybridized carbons (Fsp3) is 0.167. The molecule has 0 fully saturated rings. The number of carbonyl (C=O) groups is 2. The topological polar surface area (TPSA) is 74.6 Å². The summed E-state index contributed by atoms with van der Waals surface area (Å²) in [6.45, 7) is 3.53. The summed E-state index contributed by atoms with van der Waals surface area (Å²) in [5.41, 5.74) is 0.436. The Kier molecular flexibility index (Phi) is 3.83. The molecule has 1 aromatic rings. The number of carboxylic acids is 2. The molecule has 0 unspecified atom stereocenters. The van der Waals surface area contributed by atoms with E-state index in [0.29, 0.717) is 18.4 Å². The minimum atomic E-state index is -1.11. The Morgan fingerprint density at radius 3 is 2.06 bits per heavy atom. The molecule has 0 aliphatic rings. The third-order valence-corrected chi connectivity index (χ3v) is 2.24. The smallest absolute Gasteiger partial charge is 0.335 e. The third-order valence-electron chi connectivity index (χ3n) is 2.24. The first kappa shape index (κ1) is 12.0. The van der Waals surface area contributed by atoms with Gasteiger partial charge in [0.15, 0.2) is 0 Å². The molecule has 0 bridgehead atoms. The van der Waals surface area contributed by atoms with Crippen LogP contribution in [0.1, 0.15) is 32.7 Å². The Morgan fingerprint density at radius 1 is 1.19 bits per heavy atom. The van der Waals surface area contributed by atoms with Crippen molar-refractivity contribution in [3.05, 3.63) is 47.5 Å². The molecule has 0 spiro atoms. The maximum atomic E-state index is 10.9.